The van der Waals surface area contributed by atoms with Gasteiger partial charge in [0.25, 0.3) is 0 Å². The van der Waals surface area contributed by atoms with Gasteiger partial charge in [0, 0.05) is 18.2 Å². The van der Waals surface area contributed by atoms with E-state index in [0.717, 1.165) is 64.3 Å². The van der Waals surface area contributed by atoms with E-state index in [0.29, 0.717) is 17.5 Å². The predicted molar refractivity (Wildman–Crippen MR) is 136 cm³/mol. The van der Waals surface area contributed by atoms with E-state index >= 15 is 0 Å². The quantitative estimate of drug-likeness (QED) is 0.526. The van der Waals surface area contributed by atoms with Crippen LogP contribution in [-0.4, -0.2) is 70.3 Å². The van der Waals surface area contributed by atoms with Crippen LogP contribution in [0.4, 0.5) is 13.2 Å². The lowest BCUT2D eigenvalue weighted by atomic mass is 9.83. The molecular weight excluding hydrogens is 481 g/mol. The third-order valence-corrected chi connectivity index (χ3v) is 8.28. The Morgan fingerprint density at radius 1 is 1.00 bits per heavy atom. The monoisotopic (exact) mass is 520 g/mol. The Bertz CT molecular complexity index is 983. The van der Waals surface area contributed by atoms with E-state index in [1.54, 1.807) is 0 Å². The van der Waals surface area contributed by atoms with Crippen molar-refractivity contribution in [1.82, 2.24) is 20.0 Å². The van der Waals surface area contributed by atoms with Gasteiger partial charge in [-0.15, -0.1) is 0 Å². The summed E-state index contributed by atoms with van der Waals surface area (Å²) in [6.07, 6.45) is 4.35. The first kappa shape index (κ1) is 27.6. The van der Waals surface area contributed by atoms with Gasteiger partial charge in [0.1, 0.15) is 6.04 Å². The molecule has 0 spiro atoms. The van der Waals surface area contributed by atoms with Crippen molar-refractivity contribution < 1.29 is 23.1 Å². The average Bonchev–Trinajstić information content (AvgIpc) is 3.57. The third kappa shape index (κ3) is 7.35. The molecular formula is C28H39F3N4O2. The Morgan fingerprint density at radius 3 is 2.24 bits per heavy atom. The number of alkyl halides is 3. The second-order valence-electron chi connectivity index (χ2n) is 10.9. The molecule has 1 aromatic carbocycles. The highest BCUT2D eigenvalue weighted by Gasteiger charge is 2.38. The first-order valence-electron chi connectivity index (χ1n) is 13.5. The average molecular weight is 521 g/mol. The van der Waals surface area contributed by atoms with Gasteiger partial charge < -0.3 is 10.0 Å². The van der Waals surface area contributed by atoms with E-state index in [4.69, 9.17) is 0 Å². The summed E-state index contributed by atoms with van der Waals surface area (Å²) in [6, 6.07) is 11.4. The number of aromatic amines is 1. The Balaban J connectivity index is 0.000000180. The van der Waals surface area contributed by atoms with Gasteiger partial charge in [-0.1, -0.05) is 49.6 Å². The minimum absolute atomic E-state index is 0.180. The number of hydrogen-bond donors (Lipinski definition) is 2. The van der Waals surface area contributed by atoms with E-state index in [9.17, 15) is 23.1 Å². The molecule has 0 bridgehead atoms. The third-order valence-electron chi connectivity index (χ3n) is 8.28. The number of halogens is 3. The van der Waals surface area contributed by atoms with Crippen LogP contribution >= 0.6 is 0 Å². The van der Waals surface area contributed by atoms with Crippen molar-refractivity contribution in [3.63, 3.8) is 0 Å². The number of carboxylic acid groups (broad SMARTS) is 1. The van der Waals surface area contributed by atoms with Crippen LogP contribution < -0.4 is 0 Å². The van der Waals surface area contributed by atoms with E-state index in [2.05, 4.69) is 44.3 Å². The molecule has 2 saturated heterocycles. The number of nitrogens with one attached hydrogen (secondary N) is 1. The van der Waals surface area contributed by atoms with Crippen molar-refractivity contribution in [3.05, 3.63) is 53.3 Å². The molecule has 3 fully saturated rings. The molecule has 5 rings (SSSR count). The smallest absolute Gasteiger partial charge is 0.435 e. The fourth-order valence-electron chi connectivity index (χ4n) is 6.15. The molecule has 204 valence electrons. The van der Waals surface area contributed by atoms with Crippen LogP contribution in [0.25, 0.3) is 0 Å². The summed E-state index contributed by atoms with van der Waals surface area (Å²) in [4.78, 5) is 16.2. The lowest BCUT2D eigenvalue weighted by molar-refractivity contribution is -0.145. The molecule has 1 unspecified atom stereocenters. The highest BCUT2D eigenvalue weighted by molar-refractivity contribution is 5.74. The summed E-state index contributed by atoms with van der Waals surface area (Å²) in [5.41, 5.74) is 1.15. The van der Waals surface area contributed by atoms with Gasteiger partial charge in [-0.3, -0.25) is 14.8 Å². The van der Waals surface area contributed by atoms with Crippen LogP contribution in [0.2, 0.25) is 0 Å². The molecule has 9 heteroatoms. The topological polar surface area (TPSA) is 72.5 Å². The van der Waals surface area contributed by atoms with Gasteiger partial charge in [0.2, 0.25) is 0 Å². The summed E-state index contributed by atoms with van der Waals surface area (Å²) in [5.74, 6) is 0.415. The summed E-state index contributed by atoms with van der Waals surface area (Å²) in [6.45, 7) is 3.67. The van der Waals surface area contributed by atoms with E-state index < -0.39 is 17.8 Å². The number of carbonyl (C=O) groups is 1. The summed E-state index contributed by atoms with van der Waals surface area (Å²) in [5, 5.41) is 15.5. The number of likely N-dealkylation sites (tertiary alicyclic amines) is 2. The highest BCUT2D eigenvalue weighted by Crippen LogP contribution is 2.35. The minimum Gasteiger partial charge on any atom is -0.480 e. The molecule has 2 aliphatic heterocycles. The standard InChI is InChI=1S/C18H25NO2.C10H14F3N3/c20-18(21)17(15-9-5-2-6-10-15)19-12-11-16(13-19)14-7-3-1-4-8-14;1-16-4-2-7(3-5-16)8-6-9(15-14-8)10(11,12)13/h1,3-4,7-8,15-17H,2,5-6,9-13H2,(H,20,21);6-7H,2-5H2,1H3,(H,14,15)/t16-,17?;/m1./s1. The lowest BCUT2D eigenvalue weighted by Gasteiger charge is -2.33. The molecule has 3 heterocycles. The second-order valence-corrected chi connectivity index (χ2v) is 10.9. The second kappa shape index (κ2) is 12.4. The number of piperidine rings is 1. The van der Waals surface area contributed by atoms with Crippen LogP contribution in [0.3, 0.4) is 0 Å². The van der Waals surface area contributed by atoms with Gasteiger partial charge in [0.05, 0.1) is 0 Å². The van der Waals surface area contributed by atoms with Gasteiger partial charge in [0.15, 0.2) is 5.69 Å². The number of carboxylic acids is 1. The molecule has 2 atom stereocenters. The fourth-order valence-corrected chi connectivity index (χ4v) is 6.15. The molecule has 0 amide bonds. The fraction of sp³-hybridized carbons (Fsp3) is 0.643. The maximum Gasteiger partial charge on any atom is 0.435 e. The van der Waals surface area contributed by atoms with Gasteiger partial charge in [-0.25, -0.2) is 0 Å². The number of benzene rings is 1. The van der Waals surface area contributed by atoms with Crippen LogP contribution in [-0.2, 0) is 11.0 Å². The number of aliphatic carboxylic acids is 1. The maximum atomic E-state index is 12.3. The molecule has 1 aliphatic carbocycles. The zero-order valence-corrected chi connectivity index (χ0v) is 21.6. The Hall–Kier alpha value is -2.39. The molecule has 37 heavy (non-hydrogen) atoms. The molecule has 3 aliphatic rings. The van der Waals surface area contributed by atoms with E-state index in [1.165, 1.54) is 24.8 Å². The van der Waals surface area contributed by atoms with Crippen LogP contribution in [0, 0.1) is 5.92 Å². The normalized spacial score (nSPS) is 23.4. The number of hydrogen-bond acceptors (Lipinski definition) is 4. The van der Waals surface area contributed by atoms with Crippen LogP contribution in [0.1, 0.15) is 80.2 Å². The summed E-state index contributed by atoms with van der Waals surface area (Å²) >= 11 is 0. The molecule has 1 aromatic heterocycles. The van der Waals surface area contributed by atoms with Crippen molar-refractivity contribution in [3.8, 4) is 0 Å². The van der Waals surface area contributed by atoms with E-state index in [1.807, 2.05) is 13.1 Å². The molecule has 6 nitrogen and oxygen atoms in total. The van der Waals surface area contributed by atoms with Gasteiger partial charge in [-0.05, 0) is 82.3 Å². The lowest BCUT2D eigenvalue weighted by Crippen LogP contribution is -2.45. The largest absolute Gasteiger partial charge is 0.480 e. The van der Waals surface area contributed by atoms with E-state index in [-0.39, 0.29) is 12.0 Å². The minimum atomic E-state index is -4.35. The SMILES string of the molecule is CN1CCC(c2cc(C(F)(F)F)n[nH]2)CC1.O=C(O)C(C1CCCCC1)N1CC[C@@H](c2ccccc2)C1. The van der Waals surface area contributed by atoms with Crippen molar-refractivity contribution in [2.45, 2.75) is 75.4 Å². The summed E-state index contributed by atoms with van der Waals surface area (Å²) in [7, 11) is 2.02. The Labute approximate surface area is 217 Å². The van der Waals surface area contributed by atoms with Crippen LogP contribution in [0.5, 0.6) is 0 Å². The molecule has 0 radical (unpaired) electrons. The number of rotatable bonds is 5. The van der Waals surface area contributed by atoms with Crippen molar-refractivity contribution in [2.75, 3.05) is 33.2 Å². The van der Waals surface area contributed by atoms with Gasteiger partial charge in [-0.2, -0.15) is 18.3 Å². The Kier molecular flexibility index (Phi) is 9.29. The number of nitrogens with zero attached hydrogens (tertiary/aromatic N) is 3. The zero-order valence-electron chi connectivity index (χ0n) is 21.6. The Morgan fingerprint density at radius 2 is 1.65 bits per heavy atom. The molecule has 1 saturated carbocycles. The van der Waals surface area contributed by atoms with Gasteiger partial charge >= 0.3 is 12.1 Å². The number of aromatic nitrogens is 2. The van der Waals surface area contributed by atoms with Crippen molar-refractivity contribution >= 4 is 5.97 Å². The zero-order chi connectivity index (χ0) is 26.4. The number of H-pyrrole nitrogens is 1. The van der Waals surface area contributed by atoms with Crippen LogP contribution in [0.15, 0.2) is 36.4 Å². The molecule has 2 aromatic rings. The first-order chi connectivity index (χ1) is 17.7. The predicted octanol–water partition coefficient (Wildman–Crippen LogP) is 5.75. The first-order valence-corrected chi connectivity index (χ1v) is 13.5. The summed E-state index contributed by atoms with van der Waals surface area (Å²) < 4.78 is 37.0. The highest BCUT2D eigenvalue weighted by atomic mass is 19.4. The van der Waals surface area contributed by atoms with Crippen molar-refractivity contribution in [2.24, 2.45) is 5.92 Å². The molecule has 2 N–H and O–H groups in total. The maximum absolute atomic E-state index is 12.3. The van der Waals surface area contributed by atoms with Crippen molar-refractivity contribution in [1.29, 1.82) is 0 Å².